The maximum Gasteiger partial charge on any atom is 0.119 e. The number of hydrogen-bond acceptors (Lipinski definition) is 2. The minimum absolute atomic E-state index is 0.110. The molecule has 0 saturated heterocycles. The first-order valence-electron chi connectivity index (χ1n) is 7.46. The summed E-state index contributed by atoms with van der Waals surface area (Å²) in [4.78, 5) is 0. The van der Waals surface area contributed by atoms with Crippen molar-refractivity contribution in [3.8, 4) is 5.75 Å². The maximum absolute atomic E-state index is 6.25. The largest absolute Gasteiger partial charge is 0.492 e. The molecule has 0 heterocycles. The Hall–Kier alpha value is -1.51. The smallest absolute Gasteiger partial charge is 0.119 e. The Labute approximate surface area is 130 Å². The van der Waals surface area contributed by atoms with E-state index in [4.69, 9.17) is 22.1 Å². The zero-order valence-corrected chi connectivity index (χ0v) is 12.7. The molecule has 2 aromatic rings. The van der Waals surface area contributed by atoms with Crippen molar-refractivity contribution < 1.29 is 4.74 Å². The van der Waals surface area contributed by atoms with Crippen LogP contribution in [0.3, 0.4) is 0 Å². The molecule has 0 aliphatic heterocycles. The van der Waals surface area contributed by atoms with Crippen LogP contribution in [0.1, 0.15) is 42.3 Å². The lowest BCUT2D eigenvalue weighted by Gasteiger charge is -2.26. The van der Waals surface area contributed by atoms with Gasteiger partial charge < -0.3 is 10.5 Å². The zero-order valence-electron chi connectivity index (χ0n) is 12.0. The molecular weight excluding hydrogens is 282 g/mol. The van der Waals surface area contributed by atoms with Gasteiger partial charge in [-0.3, -0.25) is 0 Å². The topological polar surface area (TPSA) is 35.2 Å². The quantitative estimate of drug-likeness (QED) is 0.870. The van der Waals surface area contributed by atoms with Gasteiger partial charge in [-0.2, -0.15) is 0 Å². The summed E-state index contributed by atoms with van der Waals surface area (Å²) in [6, 6.07) is 15.9. The van der Waals surface area contributed by atoms with Gasteiger partial charge in [-0.25, -0.2) is 0 Å². The summed E-state index contributed by atoms with van der Waals surface area (Å²) in [5.41, 5.74) is 8.81. The Morgan fingerprint density at radius 3 is 2.57 bits per heavy atom. The van der Waals surface area contributed by atoms with Crippen LogP contribution in [0, 0.1) is 0 Å². The zero-order chi connectivity index (χ0) is 14.7. The van der Waals surface area contributed by atoms with Crippen LogP contribution in [0.2, 0.25) is 5.02 Å². The summed E-state index contributed by atoms with van der Waals surface area (Å²) in [6.45, 7) is 0.468. The summed E-state index contributed by atoms with van der Waals surface area (Å²) < 4.78 is 5.73. The number of halogens is 1. The average Bonchev–Trinajstić information content (AvgIpc) is 2.45. The molecule has 0 spiro atoms. The predicted molar refractivity (Wildman–Crippen MR) is 86.9 cm³/mol. The maximum atomic E-state index is 6.25. The molecule has 0 radical (unpaired) electrons. The minimum atomic E-state index is -0.110. The molecule has 1 aliphatic carbocycles. The highest BCUT2D eigenvalue weighted by molar-refractivity contribution is 6.30. The Bertz CT molecular complexity index is 592. The molecule has 1 atom stereocenters. The Balaban J connectivity index is 1.62. The van der Waals surface area contributed by atoms with Crippen LogP contribution in [-0.2, 0) is 0 Å². The molecule has 1 aliphatic rings. The van der Waals surface area contributed by atoms with Crippen LogP contribution < -0.4 is 10.5 Å². The van der Waals surface area contributed by atoms with Crippen molar-refractivity contribution in [2.45, 2.75) is 31.2 Å². The molecule has 110 valence electrons. The predicted octanol–water partition coefficient (Wildman–Crippen LogP) is 4.69. The van der Waals surface area contributed by atoms with Gasteiger partial charge in [0.2, 0.25) is 0 Å². The van der Waals surface area contributed by atoms with Gasteiger partial charge >= 0.3 is 0 Å². The summed E-state index contributed by atoms with van der Waals surface area (Å²) >= 11 is 5.86. The van der Waals surface area contributed by atoms with Crippen molar-refractivity contribution in [3.05, 3.63) is 64.7 Å². The summed E-state index contributed by atoms with van der Waals surface area (Å²) in [5.74, 6) is 1.53. The van der Waals surface area contributed by atoms with Gasteiger partial charge in [0.25, 0.3) is 0 Å². The Morgan fingerprint density at radius 2 is 1.90 bits per heavy atom. The third-order valence-corrected chi connectivity index (χ3v) is 4.41. The van der Waals surface area contributed by atoms with Crippen LogP contribution >= 0.6 is 11.6 Å². The van der Waals surface area contributed by atoms with Crippen LogP contribution in [0.25, 0.3) is 0 Å². The van der Waals surface area contributed by atoms with E-state index in [1.165, 1.54) is 24.8 Å². The van der Waals surface area contributed by atoms with Gasteiger partial charge in [0, 0.05) is 5.02 Å². The molecule has 1 saturated carbocycles. The number of rotatable bonds is 5. The average molecular weight is 302 g/mol. The van der Waals surface area contributed by atoms with Crippen molar-refractivity contribution in [1.82, 2.24) is 0 Å². The first kappa shape index (κ1) is 14.4. The van der Waals surface area contributed by atoms with Gasteiger partial charge in [0.1, 0.15) is 12.4 Å². The van der Waals surface area contributed by atoms with E-state index in [2.05, 4.69) is 24.3 Å². The summed E-state index contributed by atoms with van der Waals surface area (Å²) in [5, 5.41) is 0.708. The fraction of sp³-hybridized carbons (Fsp3) is 0.333. The minimum Gasteiger partial charge on any atom is -0.492 e. The molecule has 1 fully saturated rings. The highest BCUT2D eigenvalue weighted by Gasteiger charge is 2.20. The number of benzene rings is 2. The molecular formula is C18H20ClNO. The molecule has 3 rings (SSSR count). The van der Waals surface area contributed by atoms with E-state index in [0.717, 1.165) is 17.2 Å². The standard InChI is InChI=1S/C18H20ClNO/c19-16-7-9-17(10-8-16)21-12-18(20)15-6-2-5-14(11-15)13-3-1-4-13/h2,5-11,13,18H,1,3-4,12,20H2. The van der Waals surface area contributed by atoms with E-state index in [-0.39, 0.29) is 6.04 Å². The highest BCUT2D eigenvalue weighted by atomic mass is 35.5. The molecule has 3 heteroatoms. The van der Waals surface area contributed by atoms with Gasteiger partial charge in [-0.05, 0) is 54.2 Å². The van der Waals surface area contributed by atoms with E-state index in [9.17, 15) is 0 Å². The third kappa shape index (κ3) is 3.58. The van der Waals surface area contributed by atoms with Crippen LogP contribution in [0.5, 0.6) is 5.75 Å². The number of nitrogens with two attached hydrogens (primary N) is 1. The molecule has 2 aromatic carbocycles. The molecule has 2 N–H and O–H groups in total. The molecule has 0 aromatic heterocycles. The van der Waals surface area contributed by atoms with Gasteiger partial charge in [-0.1, -0.05) is 42.3 Å². The number of ether oxygens (including phenoxy) is 1. The lowest BCUT2D eigenvalue weighted by molar-refractivity contribution is 0.290. The third-order valence-electron chi connectivity index (χ3n) is 4.16. The van der Waals surface area contributed by atoms with Crippen LogP contribution in [-0.4, -0.2) is 6.61 Å². The van der Waals surface area contributed by atoms with Gasteiger partial charge in [-0.15, -0.1) is 0 Å². The fourth-order valence-electron chi connectivity index (χ4n) is 2.60. The lowest BCUT2D eigenvalue weighted by atomic mass is 9.79. The van der Waals surface area contributed by atoms with Crippen LogP contribution in [0.15, 0.2) is 48.5 Å². The van der Waals surface area contributed by atoms with Crippen molar-refractivity contribution in [2.24, 2.45) is 5.73 Å². The lowest BCUT2D eigenvalue weighted by Crippen LogP contribution is -2.19. The van der Waals surface area contributed by atoms with Crippen molar-refractivity contribution >= 4 is 11.6 Å². The SMILES string of the molecule is NC(COc1ccc(Cl)cc1)c1cccc(C2CCC2)c1. The fourth-order valence-corrected chi connectivity index (χ4v) is 2.72. The molecule has 0 bridgehead atoms. The number of hydrogen-bond donors (Lipinski definition) is 1. The normalized spacial score (nSPS) is 16.3. The molecule has 21 heavy (non-hydrogen) atoms. The first-order chi connectivity index (χ1) is 10.2. The van der Waals surface area contributed by atoms with E-state index < -0.39 is 0 Å². The first-order valence-corrected chi connectivity index (χ1v) is 7.84. The Kier molecular flexibility index (Phi) is 4.47. The van der Waals surface area contributed by atoms with Gasteiger partial charge in [0.15, 0.2) is 0 Å². The monoisotopic (exact) mass is 301 g/mol. The second-order valence-electron chi connectivity index (χ2n) is 5.67. The van der Waals surface area contributed by atoms with Crippen molar-refractivity contribution in [2.75, 3.05) is 6.61 Å². The van der Waals surface area contributed by atoms with Crippen molar-refractivity contribution in [3.63, 3.8) is 0 Å². The van der Waals surface area contributed by atoms with E-state index in [0.29, 0.717) is 11.6 Å². The summed E-state index contributed by atoms with van der Waals surface area (Å²) in [7, 11) is 0. The second-order valence-corrected chi connectivity index (χ2v) is 6.11. The van der Waals surface area contributed by atoms with E-state index in [1.54, 1.807) is 0 Å². The van der Waals surface area contributed by atoms with Crippen molar-refractivity contribution in [1.29, 1.82) is 0 Å². The molecule has 0 amide bonds. The highest BCUT2D eigenvalue weighted by Crippen LogP contribution is 2.36. The summed E-state index contributed by atoms with van der Waals surface area (Å²) in [6.07, 6.45) is 3.96. The Morgan fingerprint density at radius 1 is 1.14 bits per heavy atom. The van der Waals surface area contributed by atoms with Crippen LogP contribution in [0.4, 0.5) is 0 Å². The van der Waals surface area contributed by atoms with E-state index in [1.807, 2.05) is 24.3 Å². The second kappa shape index (κ2) is 6.50. The molecule has 2 nitrogen and oxygen atoms in total. The van der Waals surface area contributed by atoms with E-state index >= 15 is 0 Å². The molecule has 1 unspecified atom stereocenters. The van der Waals surface area contributed by atoms with Gasteiger partial charge in [0.05, 0.1) is 6.04 Å².